The fourth-order valence-electron chi connectivity index (χ4n) is 2.63. The van der Waals surface area contributed by atoms with Crippen LogP contribution in [0.4, 0.5) is 0 Å². The predicted molar refractivity (Wildman–Crippen MR) is 67.1 cm³/mol. The van der Waals surface area contributed by atoms with Gasteiger partial charge < -0.3 is 9.84 Å². The van der Waals surface area contributed by atoms with Crippen molar-refractivity contribution in [3.05, 3.63) is 0 Å². The molecule has 0 amide bonds. The molecule has 0 aliphatic heterocycles. The first-order chi connectivity index (χ1) is 8.02. The minimum Gasteiger partial charge on any atom is -0.480 e. The summed E-state index contributed by atoms with van der Waals surface area (Å²) in [6, 6.07) is 0.417. The van der Waals surface area contributed by atoms with E-state index in [1.807, 2.05) is 0 Å². The zero-order valence-electron chi connectivity index (χ0n) is 11.2. The van der Waals surface area contributed by atoms with Crippen molar-refractivity contribution in [1.29, 1.82) is 0 Å². The van der Waals surface area contributed by atoms with Crippen LogP contribution in [0.2, 0.25) is 0 Å². The van der Waals surface area contributed by atoms with E-state index in [1.165, 1.54) is 0 Å². The molecule has 0 aromatic carbocycles. The van der Waals surface area contributed by atoms with E-state index in [-0.39, 0.29) is 6.54 Å². The zero-order chi connectivity index (χ0) is 12.8. The van der Waals surface area contributed by atoms with E-state index in [1.54, 1.807) is 7.11 Å². The fourth-order valence-corrected chi connectivity index (χ4v) is 2.63. The molecule has 0 heterocycles. The van der Waals surface area contributed by atoms with Gasteiger partial charge in [-0.15, -0.1) is 0 Å². The molecule has 4 nitrogen and oxygen atoms in total. The second kappa shape index (κ2) is 6.97. The lowest BCUT2D eigenvalue weighted by atomic mass is 9.91. The molecular formula is C13H25NO3. The smallest absolute Gasteiger partial charge is 0.317 e. The summed E-state index contributed by atoms with van der Waals surface area (Å²) >= 11 is 0. The molecule has 0 spiro atoms. The Kier molecular flexibility index (Phi) is 5.92. The molecule has 1 aliphatic carbocycles. The highest BCUT2D eigenvalue weighted by Crippen LogP contribution is 2.25. The molecule has 1 fully saturated rings. The molecule has 0 atom stereocenters. The SMILES string of the molecule is COC1CCC(N(CC(=O)O)CC(C)C)CC1. The average molecular weight is 243 g/mol. The van der Waals surface area contributed by atoms with E-state index in [9.17, 15) is 4.79 Å². The number of aliphatic carboxylic acids is 1. The third-order valence-electron chi connectivity index (χ3n) is 3.43. The minimum absolute atomic E-state index is 0.167. The predicted octanol–water partition coefficient (Wildman–Crippen LogP) is 1.99. The first kappa shape index (κ1) is 14.5. The summed E-state index contributed by atoms with van der Waals surface area (Å²) in [6.45, 7) is 5.31. The van der Waals surface area contributed by atoms with Gasteiger partial charge in [-0.05, 0) is 31.6 Å². The van der Waals surface area contributed by atoms with Crippen LogP contribution in [0.5, 0.6) is 0 Å². The summed E-state index contributed by atoms with van der Waals surface area (Å²) in [5, 5.41) is 8.96. The van der Waals surface area contributed by atoms with Gasteiger partial charge in [-0.3, -0.25) is 9.69 Å². The van der Waals surface area contributed by atoms with E-state index in [2.05, 4.69) is 18.7 Å². The number of carbonyl (C=O) groups is 1. The number of methoxy groups -OCH3 is 1. The van der Waals surface area contributed by atoms with Crippen LogP contribution in [0.1, 0.15) is 39.5 Å². The summed E-state index contributed by atoms with van der Waals surface area (Å²) in [5.74, 6) is -0.214. The molecule has 1 N–H and O–H groups in total. The van der Waals surface area contributed by atoms with E-state index < -0.39 is 5.97 Å². The largest absolute Gasteiger partial charge is 0.480 e. The summed E-state index contributed by atoms with van der Waals surface area (Å²) in [4.78, 5) is 13.0. The second-order valence-electron chi connectivity index (χ2n) is 5.38. The molecule has 1 rings (SSSR count). The average Bonchev–Trinajstić information content (AvgIpc) is 2.27. The lowest BCUT2D eigenvalue weighted by molar-refractivity contribution is -0.139. The third-order valence-corrected chi connectivity index (χ3v) is 3.43. The van der Waals surface area contributed by atoms with Gasteiger partial charge in [-0.1, -0.05) is 13.8 Å². The van der Waals surface area contributed by atoms with Crippen LogP contribution in [-0.4, -0.2) is 48.3 Å². The van der Waals surface area contributed by atoms with Gasteiger partial charge in [-0.2, -0.15) is 0 Å². The van der Waals surface area contributed by atoms with Crippen LogP contribution < -0.4 is 0 Å². The Morgan fingerprint density at radius 3 is 2.35 bits per heavy atom. The molecule has 0 radical (unpaired) electrons. The number of carboxylic acid groups (broad SMARTS) is 1. The highest BCUT2D eigenvalue weighted by Gasteiger charge is 2.27. The Bertz CT molecular complexity index is 235. The maximum Gasteiger partial charge on any atom is 0.317 e. The van der Waals surface area contributed by atoms with Crippen molar-refractivity contribution < 1.29 is 14.6 Å². The molecule has 4 heteroatoms. The number of hydrogen-bond donors (Lipinski definition) is 1. The van der Waals surface area contributed by atoms with Crippen molar-refractivity contribution in [3.8, 4) is 0 Å². The lowest BCUT2D eigenvalue weighted by Crippen LogP contribution is -2.43. The van der Waals surface area contributed by atoms with Crippen LogP contribution in [0.25, 0.3) is 0 Å². The van der Waals surface area contributed by atoms with Crippen LogP contribution in [0.3, 0.4) is 0 Å². The Morgan fingerprint density at radius 1 is 1.35 bits per heavy atom. The standard InChI is InChI=1S/C13H25NO3/c1-10(2)8-14(9-13(15)16)11-4-6-12(17-3)7-5-11/h10-12H,4-9H2,1-3H3,(H,15,16). The first-order valence-corrected chi connectivity index (χ1v) is 6.51. The van der Waals surface area contributed by atoms with Gasteiger partial charge in [0.2, 0.25) is 0 Å². The van der Waals surface area contributed by atoms with Gasteiger partial charge in [0.05, 0.1) is 12.6 Å². The molecule has 0 aromatic heterocycles. The van der Waals surface area contributed by atoms with Gasteiger partial charge in [0.1, 0.15) is 0 Å². The molecule has 1 saturated carbocycles. The van der Waals surface area contributed by atoms with Crippen molar-refractivity contribution >= 4 is 5.97 Å². The fraction of sp³-hybridized carbons (Fsp3) is 0.923. The van der Waals surface area contributed by atoms with Gasteiger partial charge in [0.15, 0.2) is 0 Å². The lowest BCUT2D eigenvalue weighted by Gasteiger charge is -2.36. The summed E-state index contributed by atoms with van der Waals surface area (Å²) in [6.07, 6.45) is 4.58. The molecule has 1 aliphatic rings. The van der Waals surface area contributed by atoms with Gasteiger partial charge in [0.25, 0.3) is 0 Å². The van der Waals surface area contributed by atoms with E-state index in [4.69, 9.17) is 9.84 Å². The van der Waals surface area contributed by atoms with Crippen LogP contribution in [0, 0.1) is 5.92 Å². The van der Waals surface area contributed by atoms with Gasteiger partial charge >= 0.3 is 5.97 Å². The van der Waals surface area contributed by atoms with E-state index in [0.29, 0.717) is 18.1 Å². The van der Waals surface area contributed by atoms with E-state index >= 15 is 0 Å². The van der Waals surface area contributed by atoms with Crippen molar-refractivity contribution in [2.75, 3.05) is 20.2 Å². The summed E-state index contributed by atoms with van der Waals surface area (Å²) in [5.41, 5.74) is 0. The zero-order valence-corrected chi connectivity index (χ0v) is 11.2. The quantitative estimate of drug-likeness (QED) is 0.775. The molecule has 0 aromatic rings. The topological polar surface area (TPSA) is 49.8 Å². The Morgan fingerprint density at radius 2 is 1.94 bits per heavy atom. The Labute approximate surface area is 104 Å². The minimum atomic E-state index is -0.723. The van der Waals surface area contributed by atoms with Crippen molar-refractivity contribution in [2.24, 2.45) is 5.92 Å². The number of hydrogen-bond acceptors (Lipinski definition) is 3. The van der Waals surface area contributed by atoms with Gasteiger partial charge in [0, 0.05) is 19.7 Å². The molecule has 0 saturated heterocycles. The van der Waals surface area contributed by atoms with Crippen LogP contribution in [0.15, 0.2) is 0 Å². The number of rotatable bonds is 6. The molecule has 0 unspecified atom stereocenters. The normalized spacial score (nSPS) is 25.5. The van der Waals surface area contributed by atoms with Crippen molar-refractivity contribution in [1.82, 2.24) is 4.90 Å². The third kappa shape index (κ3) is 5.04. The molecule has 17 heavy (non-hydrogen) atoms. The number of nitrogens with zero attached hydrogens (tertiary/aromatic N) is 1. The maximum absolute atomic E-state index is 10.9. The Hall–Kier alpha value is -0.610. The number of carboxylic acids is 1. The van der Waals surface area contributed by atoms with E-state index in [0.717, 1.165) is 32.2 Å². The van der Waals surface area contributed by atoms with Crippen molar-refractivity contribution in [3.63, 3.8) is 0 Å². The maximum atomic E-state index is 10.9. The monoisotopic (exact) mass is 243 g/mol. The highest BCUT2D eigenvalue weighted by atomic mass is 16.5. The van der Waals surface area contributed by atoms with Gasteiger partial charge in [-0.25, -0.2) is 0 Å². The second-order valence-corrected chi connectivity index (χ2v) is 5.38. The van der Waals surface area contributed by atoms with Crippen LogP contribution >= 0.6 is 0 Å². The van der Waals surface area contributed by atoms with Crippen LogP contribution in [-0.2, 0) is 9.53 Å². The molecular weight excluding hydrogens is 218 g/mol. The molecule has 100 valence electrons. The Balaban J connectivity index is 2.49. The molecule has 0 bridgehead atoms. The highest BCUT2D eigenvalue weighted by molar-refractivity contribution is 5.69. The van der Waals surface area contributed by atoms with Crippen molar-refractivity contribution in [2.45, 2.75) is 51.7 Å². The first-order valence-electron chi connectivity index (χ1n) is 6.51. The summed E-state index contributed by atoms with van der Waals surface area (Å²) < 4.78 is 5.35. The number of ether oxygens (including phenoxy) is 1. The summed E-state index contributed by atoms with van der Waals surface area (Å²) in [7, 11) is 1.76.